The van der Waals surface area contributed by atoms with E-state index in [9.17, 15) is 4.79 Å². The largest absolute Gasteiger partial charge is 0.453 e. The van der Waals surface area contributed by atoms with Crippen LogP contribution in [0.15, 0.2) is 39.2 Å². The van der Waals surface area contributed by atoms with Gasteiger partial charge in [0, 0.05) is 21.5 Å². The van der Waals surface area contributed by atoms with E-state index in [0.29, 0.717) is 23.0 Å². The van der Waals surface area contributed by atoms with E-state index < -0.39 is 0 Å². The molecule has 0 atom stereocenters. The first-order valence-electron chi connectivity index (χ1n) is 5.20. The number of benzene rings is 1. The Kier molecular flexibility index (Phi) is 3.69. The summed E-state index contributed by atoms with van der Waals surface area (Å²) in [7, 11) is 0. The summed E-state index contributed by atoms with van der Waals surface area (Å²) in [5, 5.41) is 0.650. The van der Waals surface area contributed by atoms with Crippen molar-refractivity contribution in [1.82, 2.24) is 0 Å². The molecule has 0 radical (unpaired) electrons. The van der Waals surface area contributed by atoms with Crippen molar-refractivity contribution in [2.45, 2.75) is 13.3 Å². The van der Waals surface area contributed by atoms with Crippen LogP contribution >= 0.6 is 27.5 Å². The van der Waals surface area contributed by atoms with Crippen LogP contribution in [0.4, 0.5) is 0 Å². The first kappa shape index (κ1) is 12.4. The molecule has 4 heteroatoms. The third-order valence-corrected chi connectivity index (χ3v) is 3.29. The summed E-state index contributed by atoms with van der Waals surface area (Å²) in [6, 6.07) is 8.91. The zero-order valence-electron chi connectivity index (χ0n) is 9.17. The molecule has 0 saturated heterocycles. The lowest BCUT2D eigenvalue weighted by Crippen LogP contribution is -1.92. The summed E-state index contributed by atoms with van der Waals surface area (Å²) >= 11 is 9.29. The molecule has 0 aliphatic rings. The van der Waals surface area contributed by atoms with Gasteiger partial charge < -0.3 is 4.42 Å². The van der Waals surface area contributed by atoms with Crippen LogP contribution in [0, 0.1) is 0 Å². The van der Waals surface area contributed by atoms with Gasteiger partial charge in [0.05, 0.1) is 0 Å². The summed E-state index contributed by atoms with van der Waals surface area (Å²) in [6.45, 7) is 1.81. The Bertz CT molecular complexity index is 560. The number of halogens is 2. The standard InChI is InChI=1S/C13H10BrClO2/c1-2-11(16)13-6-5-12(17-13)9-4-3-8(15)7-10(9)14/h3-7H,2H2,1H3. The number of Topliss-reactive ketones (excluding diaryl/α,β-unsaturated/α-hetero) is 1. The molecule has 0 N–H and O–H groups in total. The monoisotopic (exact) mass is 312 g/mol. The molecule has 1 aromatic carbocycles. The van der Waals surface area contributed by atoms with Crippen molar-refractivity contribution < 1.29 is 9.21 Å². The fourth-order valence-corrected chi connectivity index (χ4v) is 2.37. The maximum Gasteiger partial charge on any atom is 0.197 e. The van der Waals surface area contributed by atoms with Gasteiger partial charge in [0.2, 0.25) is 0 Å². The number of ketones is 1. The minimum absolute atomic E-state index is 0.00124. The summed E-state index contributed by atoms with van der Waals surface area (Å²) < 4.78 is 6.36. The van der Waals surface area contributed by atoms with Crippen LogP contribution in [0.5, 0.6) is 0 Å². The average molecular weight is 314 g/mol. The van der Waals surface area contributed by atoms with Crippen LogP contribution in [-0.2, 0) is 0 Å². The van der Waals surface area contributed by atoms with Crippen molar-refractivity contribution in [2.75, 3.05) is 0 Å². The van der Waals surface area contributed by atoms with E-state index in [-0.39, 0.29) is 5.78 Å². The normalized spacial score (nSPS) is 10.5. The highest BCUT2D eigenvalue weighted by molar-refractivity contribution is 9.10. The van der Waals surface area contributed by atoms with Gasteiger partial charge in [-0.25, -0.2) is 0 Å². The van der Waals surface area contributed by atoms with E-state index in [4.69, 9.17) is 16.0 Å². The van der Waals surface area contributed by atoms with E-state index in [1.54, 1.807) is 24.3 Å². The van der Waals surface area contributed by atoms with Gasteiger partial charge >= 0.3 is 0 Å². The predicted molar refractivity (Wildman–Crippen MR) is 71.5 cm³/mol. The van der Waals surface area contributed by atoms with E-state index in [1.165, 1.54) is 0 Å². The van der Waals surface area contributed by atoms with Crippen LogP contribution in [0.2, 0.25) is 5.02 Å². The van der Waals surface area contributed by atoms with E-state index >= 15 is 0 Å². The Morgan fingerprint density at radius 1 is 1.35 bits per heavy atom. The molecule has 2 aromatic rings. The summed E-state index contributed by atoms with van der Waals surface area (Å²) in [4.78, 5) is 11.5. The highest BCUT2D eigenvalue weighted by atomic mass is 79.9. The van der Waals surface area contributed by atoms with Gasteiger partial charge in [0.1, 0.15) is 5.76 Å². The molecular formula is C13H10BrClO2. The molecule has 17 heavy (non-hydrogen) atoms. The Hall–Kier alpha value is -1.06. The number of carbonyl (C=O) groups is 1. The fourth-order valence-electron chi connectivity index (χ4n) is 1.50. The third kappa shape index (κ3) is 2.61. The van der Waals surface area contributed by atoms with E-state index in [1.807, 2.05) is 13.0 Å². The topological polar surface area (TPSA) is 30.2 Å². The fraction of sp³-hybridized carbons (Fsp3) is 0.154. The number of rotatable bonds is 3. The van der Waals surface area contributed by atoms with Gasteiger partial charge in [0.15, 0.2) is 11.5 Å². The summed E-state index contributed by atoms with van der Waals surface area (Å²) in [6.07, 6.45) is 0.439. The van der Waals surface area contributed by atoms with Gasteiger partial charge in [-0.2, -0.15) is 0 Å². The molecular weight excluding hydrogens is 303 g/mol. The van der Waals surface area contributed by atoms with Crippen LogP contribution in [0.25, 0.3) is 11.3 Å². The molecule has 0 aliphatic heterocycles. The lowest BCUT2D eigenvalue weighted by Gasteiger charge is -2.01. The quantitative estimate of drug-likeness (QED) is 0.750. The Balaban J connectivity index is 2.40. The lowest BCUT2D eigenvalue weighted by molar-refractivity contribution is 0.0962. The second-order valence-electron chi connectivity index (χ2n) is 3.56. The highest BCUT2D eigenvalue weighted by Crippen LogP contribution is 2.31. The molecule has 0 fully saturated rings. The van der Waals surface area contributed by atoms with Crippen molar-refractivity contribution in [1.29, 1.82) is 0 Å². The number of hydrogen-bond acceptors (Lipinski definition) is 2. The van der Waals surface area contributed by atoms with Gasteiger partial charge in [-0.3, -0.25) is 4.79 Å². The van der Waals surface area contributed by atoms with Gasteiger partial charge in [-0.1, -0.05) is 18.5 Å². The Morgan fingerprint density at radius 3 is 2.76 bits per heavy atom. The van der Waals surface area contributed by atoms with Gasteiger partial charge in [-0.05, 0) is 46.3 Å². The Labute approximate surface area is 113 Å². The zero-order valence-corrected chi connectivity index (χ0v) is 11.5. The summed E-state index contributed by atoms with van der Waals surface area (Å²) in [5.74, 6) is 1.05. The highest BCUT2D eigenvalue weighted by Gasteiger charge is 2.12. The molecule has 1 aromatic heterocycles. The molecule has 2 nitrogen and oxygen atoms in total. The van der Waals surface area contributed by atoms with Crippen LogP contribution in [-0.4, -0.2) is 5.78 Å². The number of furan rings is 1. The van der Waals surface area contributed by atoms with Crippen molar-refractivity contribution >= 4 is 33.3 Å². The van der Waals surface area contributed by atoms with Crippen molar-refractivity contribution in [2.24, 2.45) is 0 Å². The van der Waals surface area contributed by atoms with Crippen molar-refractivity contribution in [3.05, 3.63) is 45.6 Å². The minimum atomic E-state index is 0.00124. The van der Waals surface area contributed by atoms with Crippen LogP contribution in [0.1, 0.15) is 23.9 Å². The van der Waals surface area contributed by atoms with Gasteiger partial charge in [0.25, 0.3) is 0 Å². The van der Waals surface area contributed by atoms with Crippen molar-refractivity contribution in [3.63, 3.8) is 0 Å². The molecule has 0 bridgehead atoms. The second-order valence-corrected chi connectivity index (χ2v) is 4.86. The molecule has 0 aliphatic carbocycles. The molecule has 0 amide bonds. The lowest BCUT2D eigenvalue weighted by atomic mass is 10.2. The molecule has 0 unspecified atom stereocenters. The predicted octanol–water partition coefficient (Wildman–Crippen LogP) is 4.96. The van der Waals surface area contributed by atoms with Gasteiger partial charge in [-0.15, -0.1) is 0 Å². The molecule has 88 valence electrons. The smallest absolute Gasteiger partial charge is 0.197 e. The number of hydrogen-bond donors (Lipinski definition) is 0. The third-order valence-electron chi connectivity index (χ3n) is 2.40. The van der Waals surface area contributed by atoms with E-state index in [0.717, 1.165) is 10.0 Å². The second kappa shape index (κ2) is 5.07. The Morgan fingerprint density at radius 2 is 2.12 bits per heavy atom. The first-order chi connectivity index (χ1) is 8.11. The maximum atomic E-state index is 11.5. The number of carbonyl (C=O) groups excluding carboxylic acids is 1. The van der Waals surface area contributed by atoms with E-state index in [2.05, 4.69) is 15.9 Å². The zero-order chi connectivity index (χ0) is 12.4. The van der Waals surface area contributed by atoms with Crippen molar-refractivity contribution in [3.8, 4) is 11.3 Å². The summed E-state index contributed by atoms with van der Waals surface area (Å²) in [5.41, 5.74) is 0.879. The van der Waals surface area contributed by atoms with Crippen LogP contribution < -0.4 is 0 Å². The first-order valence-corrected chi connectivity index (χ1v) is 6.37. The maximum absolute atomic E-state index is 11.5. The molecule has 2 rings (SSSR count). The van der Waals surface area contributed by atoms with Crippen LogP contribution in [0.3, 0.4) is 0 Å². The SMILES string of the molecule is CCC(=O)c1ccc(-c2ccc(Cl)cc2Br)o1. The molecule has 0 saturated carbocycles. The molecule has 0 spiro atoms. The average Bonchev–Trinajstić information content (AvgIpc) is 2.77. The minimum Gasteiger partial charge on any atom is -0.453 e. The molecule has 1 heterocycles.